The fraction of sp³-hybridized carbons (Fsp3) is 0.200. The fourth-order valence-corrected chi connectivity index (χ4v) is 6.60. The number of nitrogens with zero attached hydrogens (tertiary/aromatic N) is 4. The SMILES string of the molecule is c1ccc2nc3c(nc2c1)CSC3C1SCc2nc3ccccc3nc21. The van der Waals surface area contributed by atoms with E-state index in [1.807, 2.05) is 72.1 Å². The van der Waals surface area contributed by atoms with Crippen LogP contribution in [0.4, 0.5) is 0 Å². The van der Waals surface area contributed by atoms with Crippen LogP contribution in [-0.4, -0.2) is 19.9 Å². The van der Waals surface area contributed by atoms with Crippen molar-refractivity contribution in [2.24, 2.45) is 0 Å². The van der Waals surface area contributed by atoms with Gasteiger partial charge in [0.25, 0.3) is 0 Å². The Kier molecular flexibility index (Phi) is 3.25. The van der Waals surface area contributed by atoms with Gasteiger partial charge < -0.3 is 0 Å². The average Bonchev–Trinajstić information content (AvgIpc) is 3.27. The zero-order valence-electron chi connectivity index (χ0n) is 13.8. The number of benzene rings is 2. The first kappa shape index (κ1) is 14.9. The second kappa shape index (κ2) is 5.66. The molecule has 0 fully saturated rings. The van der Waals surface area contributed by atoms with Crippen LogP contribution in [0.2, 0.25) is 0 Å². The van der Waals surface area contributed by atoms with Gasteiger partial charge in [0.1, 0.15) is 0 Å². The molecular weight excluding hydrogens is 360 g/mol. The highest BCUT2D eigenvalue weighted by atomic mass is 32.2. The van der Waals surface area contributed by atoms with Gasteiger partial charge in [-0.15, -0.1) is 23.5 Å². The lowest BCUT2D eigenvalue weighted by molar-refractivity contribution is 0.847. The highest BCUT2D eigenvalue weighted by molar-refractivity contribution is 8.02. The van der Waals surface area contributed by atoms with E-state index in [9.17, 15) is 0 Å². The quantitative estimate of drug-likeness (QED) is 0.475. The third-order valence-corrected chi connectivity index (χ3v) is 7.72. The van der Waals surface area contributed by atoms with Crippen molar-refractivity contribution in [3.63, 3.8) is 0 Å². The van der Waals surface area contributed by atoms with Crippen LogP contribution in [0, 0.1) is 0 Å². The maximum Gasteiger partial charge on any atom is 0.0890 e. The number of para-hydroxylation sites is 4. The molecule has 2 unspecified atom stereocenters. The van der Waals surface area contributed by atoms with Crippen molar-refractivity contribution in [2.45, 2.75) is 22.0 Å². The number of aromatic nitrogens is 4. The minimum absolute atomic E-state index is 0.295. The second-order valence-electron chi connectivity index (χ2n) is 6.55. The van der Waals surface area contributed by atoms with Crippen LogP contribution < -0.4 is 0 Å². The van der Waals surface area contributed by atoms with Crippen LogP contribution in [0.1, 0.15) is 33.3 Å². The van der Waals surface area contributed by atoms with Gasteiger partial charge in [-0.25, -0.2) is 19.9 Å². The van der Waals surface area contributed by atoms with Gasteiger partial charge in [-0.2, -0.15) is 0 Å². The maximum absolute atomic E-state index is 4.97. The number of rotatable bonds is 1. The van der Waals surface area contributed by atoms with E-state index in [1.54, 1.807) is 0 Å². The lowest BCUT2D eigenvalue weighted by atomic mass is 10.1. The Bertz CT molecular complexity index is 1080. The molecule has 0 amide bonds. The van der Waals surface area contributed by atoms with Crippen molar-refractivity contribution in [1.82, 2.24) is 19.9 Å². The summed E-state index contributed by atoms with van der Waals surface area (Å²) in [6, 6.07) is 16.3. The zero-order chi connectivity index (χ0) is 17.1. The Balaban J connectivity index is 1.47. The lowest BCUT2D eigenvalue weighted by Gasteiger charge is -2.17. The Morgan fingerprint density at radius 3 is 1.38 bits per heavy atom. The number of hydrogen-bond acceptors (Lipinski definition) is 6. The summed E-state index contributed by atoms with van der Waals surface area (Å²) in [5, 5.41) is 0.590. The standard InChI is InChI=1S/C20H14N4S2/c1-3-7-13-11(5-1)21-15-9-25-19(17(15)23-13)20-18-16(10-26-20)22-12-6-2-4-8-14(12)24-18/h1-8,19-20H,9-10H2. The summed E-state index contributed by atoms with van der Waals surface area (Å²) in [6.45, 7) is 0. The van der Waals surface area contributed by atoms with Crippen LogP contribution in [0.15, 0.2) is 48.5 Å². The summed E-state index contributed by atoms with van der Waals surface area (Å²) in [6.07, 6.45) is 0. The van der Waals surface area contributed by atoms with Gasteiger partial charge in [0.15, 0.2) is 0 Å². The van der Waals surface area contributed by atoms with Crippen molar-refractivity contribution >= 4 is 45.6 Å². The molecule has 6 rings (SSSR count). The first-order valence-electron chi connectivity index (χ1n) is 8.61. The summed E-state index contributed by atoms with van der Waals surface area (Å²) in [7, 11) is 0. The van der Waals surface area contributed by atoms with E-state index in [4.69, 9.17) is 19.9 Å². The Labute approximate surface area is 158 Å². The molecule has 0 N–H and O–H groups in total. The molecule has 0 spiro atoms. The molecular formula is C20H14N4S2. The molecule has 126 valence electrons. The summed E-state index contributed by atoms with van der Waals surface area (Å²) in [5.41, 5.74) is 8.44. The molecule has 2 aromatic heterocycles. The number of thioether (sulfide) groups is 2. The number of hydrogen-bond donors (Lipinski definition) is 0. The minimum Gasteiger partial charge on any atom is -0.248 e. The molecule has 2 aromatic carbocycles. The molecule has 2 aliphatic rings. The largest absolute Gasteiger partial charge is 0.248 e. The van der Waals surface area contributed by atoms with Gasteiger partial charge in [-0.3, -0.25) is 0 Å². The first-order valence-corrected chi connectivity index (χ1v) is 10.7. The molecule has 2 atom stereocenters. The predicted molar refractivity (Wildman–Crippen MR) is 107 cm³/mol. The van der Waals surface area contributed by atoms with Crippen molar-refractivity contribution in [3.05, 3.63) is 71.3 Å². The summed E-state index contributed by atoms with van der Waals surface area (Å²) in [4.78, 5) is 19.7. The van der Waals surface area contributed by atoms with Gasteiger partial charge in [0.05, 0.1) is 55.3 Å². The molecule has 4 aromatic rings. The molecule has 0 aliphatic carbocycles. The van der Waals surface area contributed by atoms with Crippen LogP contribution in [0.5, 0.6) is 0 Å². The van der Waals surface area contributed by atoms with Crippen LogP contribution >= 0.6 is 23.5 Å². The molecule has 0 saturated carbocycles. The summed E-state index contributed by atoms with van der Waals surface area (Å²) >= 11 is 3.87. The van der Waals surface area contributed by atoms with Gasteiger partial charge in [0.2, 0.25) is 0 Å². The third kappa shape index (κ3) is 2.18. The van der Waals surface area contributed by atoms with E-state index in [0.29, 0.717) is 10.5 Å². The van der Waals surface area contributed by atoms with Crippen LogP contribution in [-0.2, 0) is 11.5 Å². The van der Waals surface area contributed by atoms with Gasteiger partial charge in [0, 0.05) is 11.5 Å². The number of fused-ring (bicyclic) bond motifs is 4. The molecule has 4 nitrogen and oxygen atoms in total. The van der Waals surface area contributed by atoms with Crippen molar-refractivity contribution < 1.29 is 0 Å². The zero-order valence-corrected chi connectivity index (χ0v) is 15.4. The van der Waals surface area contributed by atoms with Crippen molar-refractivity contribution in [2.75, 3.05) is 0 Å². The molecule has 0 radical (unpaired) electrons. The van der Waals surface area contributed by atoms with E-state index in [0.717, 1.165) is 56.3 Å². The van der Waals surface area contributed by atoms with E-state index >= 15 is 0 Å². The molecule has 4 heterocycles. The van der Waals surface area contributed by atoms with Crippen LogP contribution in [0.3, 0.4) is 0 Å². The highest BCUT2D eigenvalue weighted by Gasteiger charge is 2.39. The predicted octanol–water partition coefficient (Wildman–Crippen LogP) is 4.85. The second-order valence-corrected chi connectivity index (χ2v) is 8.81. The Morgan fingerprint density at radius 1 is 0.577 bits per heavy atom. The topological polar surface area (TPSA) is 51.6 Å². The van der Waals surface area contributed by atoms with Gasteiger partial charge in [-0.1, -0.05) is 24.3 Å². The van der Waals surface area contributed by atoms with Crippen molar-refractivity contribution in [3.8, 4) is 0 Å². The molecule has 0 bridgehead atoms. The fourth-order valence-electron chi connectivity index (χ4n) is 3.73. The molecule has 26 heavy (non-hydrogen) atoms. The van der Waals surface area contributed by atoms with E-state index in [2.05, 4.69) is 0 Å². The third-order valence-electron chi connectivity index (χ3n) is 4.96. The molecule has 2 aliphatic heterocycles. The normalized spacial score (nSPS) is 21.2. The monoisotopic (exact) mass is 374 g/mol. The Morgan fingerprint density at radius 2 is 0.962 bits per heavy atom. The van der Waals surface area contributed by atoms with E-state index in [1.165, 1.54) is 0 Å². The summed E-state index contributed by atoms with van der Waals surface area (Å²) in [5.74, 6) is 1.84. The van der Waals surface area contributed by atoms with E-state index in [-0.39, 0.29) is 0 Å². The van der Waals surface area contributed by atoms with Gasteiger partial charge in [-0.05, 0) is 24.3 Å². The van der Waals surface area contributed by atoms with Crippen LogP contribution in [0.25, 0.3) is 22.1 Å². The van der Waals surface area contributed by atoms with E-state index < -0.39 is 0 Å². The average molecular weight is 374 g/mol. The minimum atomic E-state index is 0.295. The first-order chi connectivity index (χ1) is 12.9. The van der Waals surface area contributed by atoms with Crippen molar-refractivity contribution in [1.29, 1.82) is 0 Å². The smallest absolute Gasteiger partial charge is 0.0890 e. The highest BCUT2D eigenvalue weighted by Crippen LogP contribution is 2.56. The Hall–Kier alpha value is -2.18. The lowest BCUT2D eigenvalue weighted by Crippen LogP contribution is -2.06. The van der Waals surface area contributed by atoms with Gasteiger partial charge >= 0.3 is 0 Å². The summed E-state index contributed by atoms with van der Waals surface area (Å²) < 4.78 is 0. The molecule has 6 heteroatoms. The maximum atomic E-state index is 4.97. The molecule has 0 saturated heterocycles.